The van der Waals surface area contributed by atoms with Crippen molar-refractivity contribution >= 4 is 11.1 Å². The molecule has 3 nitrogen and oxygen atoms in total. The van der Waals surface area contributed by atoms with Crippen molar-refractivity contribution in [3.05, 3.63) is 29.7 Å². The van der Waals surface area contributed by atoms with Crippen molar-refractivity contribution in [2.24, 2.45) is 5.73 Å². The summed E-state index contributed by atoms with van der Waals surface area (Å²) in [7, 11) is 0. The van der Waals surface area contributed by atoms with Gasteiger partial charge in [0.15, 0.2) is 11.5 Å². The maximum atomic E-state index is 5.75. The number of nitrogens with zero attached hydrogens (tertiary/aromatic N) is 1. The first-order chi connectivity index (χ1) is 7.26. The minimum atomic E-state index is 0.233. The van der Waals surface area contributed by atoms with Crippen molar-refractivity contribution < 1.29 is 4.42 Å². The molecule has 2 aromatic rings. The van der Waals surface area contributed by atoms with E-state index in [9.17, 15) is 0 Å². The molecule has 0 amide bonds. The molecule has 0 radical (unpaired) electrons. The van der Waals surface area contributed by atoms with Crippen LogP contribution < -0.4 is 5.73 Å². The molecule has 2 N–H and O–H groups in total. The zero-order valence-corrected chi connectivity index (χ0v) is 9.16. The molecule has 0 saturated heterocycles. The van der Waals surface area contributed by atoms with Gasteiger partial charge in [-0.1, -0.05) is 19.1 Å². The predicted octanol–water partition coefficient (Wildman–Crippen LogP) is 2.59. The van der Waals surface area contributed by atoms with Crippen molar-refractivity contribution in [2.75, 3.05) is 6.54 Å². The van der Waals surface area contributed by atoms with E-state index < -0.39 is 0 Å². The molecule has 80 valence electrons. The van der Waals surface area contributed by atoms with E-state index in [-0.39, 0.29) is 5.92 Å². The lowest BCUT2D eigenvalue weighted by atomic mass is 10.1. The molecule has 0 aliphatic rings. The highest BCUT2D eigenvalue weighted by molar-refractivity contribution is 5.76. The lowest BCUT2D eigenvalue weighted by Crippen LogP contribution is -2.11. The second kappa shape index (κ2) is 4.03. The van der Waals surface area contributed by atoms with Crippen molar-refractivity contribution in [3.8, 4) is 0 Å². The predicted molar refractivity (Wildman–Crippen MR) is 60.8 cm³/mol. The number of para-hydroxylation sites is 1. The molecule has 15 heavy (non-hydrogen) atoms. The Morgan fingerprint density at radius 1 is 1.47 bits per heavy atom. The molecule has 0 aliphatic carbocycles. The fraction of sp³-hybridized carbons (Fsp3) is 0.417. The lowest BCUT2D eigenvalue weighted by Gasteiger charge is -2.05. The molecular weight excluding hydrogens is 188 g/mol. The summed E-state index contributed by atoms with van der Waals surface area (Å²) >= 11 is 0. The van der Waals surface area contributed by atoms with E-state index in [2.05, 4.69) is 11.9 Å². The van der Waals surface area contributed by atoms with E-state index in [1.165, 1.54) is 0 Å². The molecule has 1 aromatic heterocycles. The Balaban J connectivity index is 2.51. The summed E-state index contributed by atoms with van der Waals surface area (Å²) in [6.07, 6.45) is 0.961. The minimum absolute atomic E-state index is 0.233. The minimum Gasteiger partial charge on any atom is -0.440 e. The van der Waals surface area contributed by atoms with Crippen LogP contribution >= 0.6 is 0 Å². The molecule has 1 unspecified atom stereocenters. The van der Waals surface area contributed by atoms with Gasteiger partial charge in [0.1, 0.15) is 5.52 Å². The van der Waals surface area contributed by atoms with Crippen molar-refractivity contribution in [2.45, 2.75) is 26.2 Å². The number of hydrogen-bond donors (Lipinski definition) is 1. The zero-order valence-electron chi connectivity index (χ0n) is 9.16. The van der Waals surface area contributed by atoms with Crippen LogP contribution in [0.15, 0.2) is 22.6 Å². The summed E-state index contributed by atoms with van der Waals surface area (Å²) in [4.78, 5) is 4.47. The third kappa shape index (κ3) is 1.75. The van der Waals surface area contributed by atoms with Gasteiger partial charge in [0.2, 0.25) is 0 Å². The summed E-state index contributed by atoms with van der Waals surface area (Å²) < 4.78 is 5.75. The average Bonchev–Trinajstić information content (AvgIpc) is 2.65. The summed E-state index contributed by atoms with van der Waals surface area (Å²) in [5.41, 5.74) is 8.61. The molecule has 1 heterocycles. The first-order valence-corrected chi connectivity index (χ1v) is 5.32. The van der Waals surface area contributed by atoms with Crippen LogP contribution in [0.25, 0.3) is 11.1 Å². The van der Waals surface area contributed by atoms with Crippen LogP contribution in [0.3, 0.4) is 0 Å². The largest absolute Gasteiger partial charge is 0.440 e. The molecule has 3 heteroatoms. The molecule has 0 fully saturated rings. The normalized spacial score (nSPS) is 13.3. The monoisotopic (exact) mass is 204 g/mol. The van der Waals surface area contributed by atoms with Crippen LogP contribution in [-0.4, -0.2) is 11.5 Å². The molecule has 0 spiro atoms. The topological polar surface area (TPSA) is 52.0 Å². The van der Waals surface area contributed by atoms with E-state index >= 15 is 0 Å². The third-order valence-corrected chi connectivity index (χ3v) is 2.75. The van der Waals surface area contributed by atoms with Crippen LogP contribution in [0.1, 0.15) is 30.7 Å². The fourth-order valence-electron chi connectivity index (χ4n) is 1.72. The van der Waals surface area contributed by atoms with Crippen molar-refractivity contribution in [3.63, 3.8) is 0 Å². The number of fused-ring (bicyclic) bond motifs is 1. The summed E-state index contributed by atoms with van der Waals surface area (Å²) in [5, 5.41) is 0. The van der Waals surface area contributed by atoms with Crippen molar-refractivity contribution in [1.82, 2.24) is 4.98 Å². The number of hydrogen-bond acceptors (Lipinski definition) is 3. The molecule has 1 aromatic carbocycles. The van der Waals surface area contributed by atoms with Gasteiger partial charge in [-0.2, -0.15) is 0 Å². The first-order valence-electron chi connectivity index (χ1n) is 5.32. The second-order valence-electron chi connectivity index (χ2n) is 3.82. The molecule has 2 rings (SSSR count). The molecule has 0 saturated carbocycles. The zero-order chi connectivity index (χ0) is 10.8. The van der Waals surface area contributed by atoms with Crippen LogP contribution in [0.4, 0.5) is 0 Å². The average molecular weight is 204 g/mol. The number of aromatic nitrogens is 1. The Morgan fingerprint density at radius 2 is 2.27 bits per heavy atom. The van der Waals surface area contributed by atoms with Gasteiger partial charge in [-0.25, -0.2) is 4.98 Å². The Bertz CT molecular complexity index is 458. The summed E-state index contributed by atoms with van der Waals surface area (Å²) in [6.45, 7) is 4.71. The van der Waals surface area contributed by atoms with Gasteiger partial charge in [-0.15, -0.1) is 0 Å². The quantitative estimate of drug-likeness (QED) is 0.836. The Kier molecular flexibility index (Phi) is 2.73. The van der Waals surface area contributed by atoms with E-state index in [1.54, 1.807) is 0 Å². The van der Waals surface area contributed by atoms with Gasteiger partial charge in [-0.3, -0.25) is 0 Å². The molecular formula is C12H16N2O. The Hall–Kier alpha value is -1.35. The smallest absolute Gasteiger partial charge is 0.199 e. The van der Waals surface area contributed by atoms with Crippen LogP contribution in [0, 0.1) is 6.92 Å². The number of benzene rings is 1. The van der Waals surface area contributed by atoms with Gasteiger partial charge in [0, 0.05) is 12.5 Å². The highest BCUT2D eigenvalue weighted by Crippen LogP contribution is 2.24. The SMILES string of the molecule is CCC(CN)c1nc2cccc(C)c2o1. The maximum absolute atomic E-state index is 5.75. The molecule has 1 atom stereocenters. The maximum Gasteiger partial charge on any atom is 0.199 e. The second-order valence-corrected chi connectivity index (χ2v) is 3.82. The number of nitrogens with two attached hydrogens (primary N) is 1. The van der Waals surface area contributed by atoms with Gasteiger partial charge >= 0.3 is 0 Å². The highest BCUT2D eigenvalue weighted by atomic mass is 16.3. The summed E-state index contributed by atoms with van der Waals surface area (Å²) in [6, 6.07) is 5.99. The number of aryl methyl sites for hydroxylation is 1. The number of oxazole rings is 1. The fourth-order valence-corrected chi connectivity index (χ4v) is 1.72. The van der Waals surface area contributed by atoms with E-state index in [1.807, 2.05) is 25.1 Å². The van der Waals surface area contributed by atoms with Gasteiger partial charge in [0.05, 0.1) is 0 Å². The summed E-state index contributed by atoms with van der Waals surface area (Å²) in [5.74, 6) is 1.00. The van der Waals surface area contributed by atoms with Crippen LogP contribution in [0.5, 0.6) is 0 Å². The van der Waals surface area contributed by atoms with E-state index in [0.29, 0.717) is 6.54 Å². The van der Waals surface area contributed by atoms with Gasteiger partial charge in [-0.05, 0) is 25.0 Å². The standard InChI is InChI=1S/C12H16N2O/c1-3-9(7-13)12-14-10-6-4-5-8(2)11(10)15-12/h4-6,9H,3,7,13H2,1-2H3. The molecule has 0 bridgehead atoms. The van der Waals surface area contributed by atoms with Crippen LogP contribution in [0.2, 0.25) is 0 Å². The van der Waals surface area contributed by atoms with E-state index in [4.69, 9.17) is 10.2 Å². The Morgan fingerprint density at radius 3 is 2.87 bits per heavy atom. The number of rotatable bonds is 3. The van der Waals surface area contributed by atoms with E-state index in [0.717, 1.165) is 29.0 Å². The van der Waals surface area contributed by atoms with Gasteiger partial charge in [0.25, 0.3) is 0 Å². The van der Waals surface area contributed by atoms with Crippen LogP contribution in [-0.2, 0) is 0 Å². The first kappa shape index (κ1) is 10.2. The Labute approximate surface area is 89.3 Å². The molecule has 0 aliphatic heterocycles. The van der Waals surface area contributed by atoms with Gasteiger partial charge < -0.3 is 10.2 Å². The van der Waals surface area contributed by atoms with Crippen molar-refractivity contribution in [1.29, 1.82) is 0 Å². The third-order valence-electron chi connectivity index (χ3n) is 2.75. The lowest BCUT2D eigenvalue weighted by molar-refractivity contribution is 0.464. The highest BCUT2D eigenvalue weighted by Gasteiger charge is 2.15.